The van der Waals surface area contributed by atoms with Gasteiger partial charge in [-0.1, -0.05) is 12.1 Å². The van der Waals surface area contributed by atoms with E-state index in [9.17, 15) is 9.59 Å². The average molecular weight is 450 g/mol. The van der Waals surface area contributed by atoms with Crippen molar-refractivity contribution in [1.82, 2.24) is 10.2 Å². The van der Waals surface area contributed by atoms with Gasteiger partial charge in [-0.25, -0.2) is 0 Å². The first-order valence-electron chi connectivity index (χ1n) is 10.9. The van der Waals surface area contributed by atoms with Gasteiger partial charge in [0, 0.05) is 37.4 Å². The van der Waals surface area contributed by atoms with Gasteiger partial charge in [0.2, 0.25) is 0 Å². The van der Waals surface area contributed by atoms with Crippen LogP contribution in [0.25, 0.3) is 0 Å². The van der Waals surface area contributed by atoms with Crippen molar-refractivity contribution in [3.8, 4) is 5.75 Å². The zero-order chi connectivity index (χ0) is 22.9. The minimum absolute atomic E-state index is 0.197. The van der Waals surface area contributed by atoms with Crippen molar-refractivity contribution < 1.29 is 23.5 Å². The van der Waals surface area contributed by atoms with Gasteiger partial charge in [-0.2, -0.15) is 0 Å². The van der Waals surface area contributed by atoms with Crippen LogP contribution in [0.4, 0.5) is 5.69 Å². The SMILES string of the molecule is O=C(NCc1cccc(OCCN2CCOCC2)c1)c1ccc(NC(=O)c2ccco2)cc1. The summed E-state index contributed by atoms with van der Waals surface area (Å²) in [4.78, 5) is 26.9. The number of carbonyl (C=O) groups is 2. The Kier molecular flexibility index (Phi) is 7.73. The number of nitrogens with one attached hydrogen (secondary N) is 2. The maximum atomic E-state index is 12.5. The van der Waals surface area contributed by atoms with Crippen LogP contribution in [0.15, 0.2) is 71.3 Å². The molecule has 2 amide bonds. The van der Waals surface area contributed by atoms with Crippen LogP contribution in [0.2, 0.25) is 0 Å². The Labute approximate surface area is 192 Å². The van der Waals surface area contributed by atoms with Crippen LogP contribution in [0.5, 0.6) is 5.75 Å². The molecule has 1 fully saturated rings. The predicted octanol–water partition coefficient (Wildman–Crippen LogP) is 3.17. The van der Waals surface area contributed by atoms with E-state index >= 15 is 0 Å². The normalized spacial score (nSPS) is 13.9. The van der Waals surface area contributed by atoms with Gasteiger partial charge in [0.05, 0.1) is 19.5 Å². The number of morpholine rings is 1. The predicted molar refractivity (Wildman–Crippen MR) is 123 cm³/mol. The fourth-order valence-electron chi connectivity index (χ4n) is 3.45. The molecule has 0 bridgehead atoms. The quantitative estimate of drug-likeness (QED) is 0.521. The molecule has 8 nitrogen and oxygen atoms in total. The third kappa shape index (κ3) is 6.68. The van der Waals surface area contributed by atoms with Crippen molar-refractivity contribution in [2.75, 3.05) is 44.8 Å². The Morgan fingerprint density at radius 2 is 1.79 bits per heavy atom. The molecule has 172 valence electrons. The van der Waals surface area contributed by atoms with Gasteiger partial charge >= 0.3 is 0 Å². The molecule has 1 aliphatic rings. The van der Waals surface area contributed by atoms with E-state index in [1.807, 2.05) is 24.3 Å². The van der Waals surface area contributed by atoms with Crippen LogP contribution in [0, 0.1) is 0 Å². The number of furan rings is 1. The lowest BCUT2D eigenvalue weighted by molar-refractivity contribution is 0.0322. The molecule has 0 spiro atoms. The Morgan fingerprint density at radius 3 is 2.55 bits per heavy atom. The summed E-state index contributed by atoms with van der Waals surface area (Å²) in [5.74, 6) is 0.470. The van der Waals surface area contributed by atoms with Gasteiger partial charge in [0.1, 0.15) is 12.4 Å². The summed E-state index contributed by atoms with van der Waals surface area (Å²) in [6.45, 7) is 5.28. The molecule has 1 aliphatic heterocycles. The smallest absolute Gasteiger partial charge is 0.291 e. The van der Waals surface area contributed by atoms with Crippen molar-refractivity contribution in [2.24, 2.45) is 0 Å². The van der Waals surface area contributed by atoms with E-state index in [4.69, 9.17) is 13.9 Å². The second-order valence-corrected chi connectivity index (χ2v) is 7.64. The summed E-state index contributed by atoms with van der Waals surface area (Å²) < 4.78 is 16.3. The lowest BCUT2D eigenvalue weighted by Crippen LogP contribution is -2.38. The highest BCUT2D eigenvalue weighted by molar-refractivity contribution is 6.02. The standard InChI is InChI=1S/C25H27N3O5/c29-24(20-6-8-21(9-7-20)27-25(30)23-5-2-13-33-23)26-18-19-3-1-4-22(17-19)32-16-12-28-10-14-31-15-11-28/h1-9,13,17H,10-12,14-16,18H2,(H,26,29)(H,27,30). The highest BCUT2D eigenvalue weighted by atomic mass is 16.5. The molecule has 0 unspecified atom stereocenters. The highest BCUT2D eigenvalue weighted by Gasteiger charge is 2.11. The summed E-state index contributed by atoms with van der Waals surface area (Å²) in [6, 6.07) is 17.6. The number of ether oxygens (including phenoxy) is 2. The minimum Gasteiger partial charge on any atom is -0.492 e. The Morgan fingerprint density at radius 1 is 0.970 bits per heavy atom. The minimum atomic E-state index is -0.343. The molecule has 0 atom stereocenters. The number of carbonyl (C=O) groups excluding carboxylic acids is 2. The van der Waals surface area contributed by atoms with E-state index in [1.54, 1.807) is 36.4 Å². The Bertz CT molecular complexity index is 1040. The third-order valence-corrected chi connectivity index (χ3v) is 5.28. The van der Waals surface area contributed by atoms with Gasteiger partial charge < -0.3 is 24.5 Å². The largest absolute Gasteiger partial charge is 0.492 e. The summed E-state index contributed by atoms with van der Waals surface area (Å²) in [6.07, 6.45) is 1.44. The first-order valence-corrected chi connectivity index (χ1v) is 10.9. The monoisotopic (exact) mass is 449 g/mol. The van der Waals surface area contributed by atoms with Gasteiger partial charge in [-0.15, -0.1) is 0 Å². The number of benzene rings is 2. The molecule has 1 saturated heterocycles. The van der Waals surface area contributed by atoms with E-state index < -0.39 is 0 Å². The number of anilines is 1. The van der Waals surface area contributed by atoms with Crippen LogP contribution in [0.3, 0.4) is 0 Å². The van der Waals surface area contributed by atoms with E-state index in [-0.39, 0.29) is 17.6 Å². The summed E-state index contributed by atoms with van der Waals surface area (Å²) in [5.41, 5.74) is 2.04. The first-order chi connectivity index (χ1) is 16.2. The fourth-order valence-corrected chi connectivity index (χ4v) is 3.45. The van der Waals surface area contributed by atoms with Crippen LogP contribution < -0.4 is 15.4 Å². The molecule has 4 rings (SSSR count). The Hall–Kier alpha value is -3.62. The van der Waals surface area contributed by atoms with Gasteiger partial charge in [-0.05, 0) is 54.1 Å². The van der Waals surface area contributed by atoms with Crippen LogP contribution in [-0.2, 0) is 11.3 Å². The molecule has 0 aliphatic carbocycles. The van der Waals surface area contributed by atoms with E-state index in [2.05, 4.69) is 15.5 Å². The molecule has 2 N–H and O–H groups in total. The Balaban J connectivity index is 1.23. The molecular weight excluding hydrogens is 422 g/mol. The molecular formula is C25H27N3O5. The maximum Gasteiger partial charge on any atom is 0.291 e. The van der Waals surface area contributed by atoms with Crippen LogP contribution in [-0.4, -0.2) is 56.2 Å². The lowest BCUT2D eigenvalue weighted by Gasteiger charge is -2.26. The van der Waals surface area contributed by atoms with Crippen LogP contribution in [0.1, 0.15) is 26.5 Å². The fraction of sp³-hybridized carbons (Fsp3) is 0.280. The first kappa shape index (κ1) is 22.6. The topological polar surface area (TPSA) is 93.0 Å². The van der Waals surface area contributed by atoms with E-state index in [1.165, 1.54) is 6.26 Å². The number of hydrogen-bond donors (Lipinski definition) is 2. The molecule has 3 aromatic rings. The number of nitrogens with zero attached hydrogens (tertiary/aromatic N) is 1. The molecule has 0 radical (unpaired) electrons. The molecule has 2 aromatic carbocycles. The molecule has 1 aromatic heterocycles. The maximum absolute atomic E-state index is 12.5. The van der Waals surface area contributed by atoms with E-state index in [0.717, 1.165) is 44.2 Å². The number of amides is 2. The van der Waals surface area contributed by atoms with Gasteiger partial charge in [-0.3, -0.25) is 14.5 Å². The molecule has 2 heterocycles. The number of rotatable bonds is 9. The summed E-state index contributed by atoms with van der Waals surface area (Å²) in [7, 11) is 0. The zero-order valence-corrected chi connectivity index (χ0v) is 18.3. The highest BCUT2D eigenvalue weighted by Crippen LogP contribution is 2.15. The van der Waals surface area contributed by atoms with Crippen molar-refractivity contribution >= 4 is 17.5 Å². The van der Waals surface area contributed by atoms with Crippen molar-refractivity contribution in [2.45, 2.75) is 6.54 Å². The number of hydrogen-bond acceptors (Lipinski definition) is 6. The van der Waals surface area contributed by atoms with Crippen LogP contribution >= 0.6 is 0 Å². The zero-order valence-electron chi connectivity index (χ0n) is 18.3. The van der Waals surface area contributed by atoms with E-state index in [0.29, 0.717) is 24.4 Å². The second kappa shape index (κ2) is 11.3. The lowest BCUT2D eigenvalue weighted by atomic mass is 10.1. The molecule has 8 heteroatoms. The second-order valence-electron chi connectivity index (χ2n) is 7.64. The van der Waals surface area contributed by atoms with Crippen molar-refractivity contribution in [3.63, 3.8) is 0 Å². The molecule has 0 saturated carbocycles. The van der Waals surface area contributed by atoms with Gasteiger partial charge in [0.15, 0.2) is 5.76 Å². The van der Waals surface area contributed by atoms with Crippen molar-refractivity contribution in [1.29, 1.82) is 0 Å². The third-order valence-electron chi connectivity index (χ3n) is 5.28. The summed E-state index contributed by atoms with van der Waals surface area (Å²) >= 11 is 0. The molecule has 33 heavy (non-hydrogen) atoms. The van der Waals surface area contributed by atoms with Gasteiger partial charge in [0.25, 0.3) is 11.8 Å². The average Bonchev–Trinajstić information content (AvgIpc) is 3.39. The summed E-state index contributed by atoms with van der Waals surface area (Å²) in [5, 5.41) is 5.64. The van der Waals surface area contributed by atoms with Crippen molar-refractivity contribution in [3.05, 3.63) is 83.8 Å².